The van der Waals surface area contributed by atoms with E-state index in [1.54, 1.807) is 0 Å². The molecule has 32 heavy (non-hydrogen) atoms. The molecule has 0 fully saturated rings. The minimum atomic E-state index is -0.0203. The number of hydrogen-bond donors (Lipinski definition) is 0. The summed E-state index contributed by atoms with van der Waals surface area (Å²) < 4.78 is 2.45. The first-order chi connectivity index (χ1) is 15.3. The van der Waals surface area contributed by atoms with Gasteiger partial charge in [-0.1, -0.05) is 74.5 Å². The highest BCUT2D eigenvalue weighted by Gasteiger charge is 2.29. The van der Waals surface area contributed by atoms with E-state index in [1.807, 2.05) is 0 Å². The average molecular weight is 418 g/mol. The Labute approximate surface area is 191 Å². The quantitative estimate of drug-likeness (QED) is 0.294. The predicted octanol–water partition coefficient (Wildman–Crippen LogP) is 8.65. The van der Waals surface area contributed by atoms with Crippen molar-refractivity contribution < 1.29 is 0 Å². The van der Waals surface area contributed by atoms with Gasteiger partial charge in [0.2, 0.25) is 0 Å². The molecule has 1 heteroatoms. The van der Waals surface area contributed by atoms with E-state index in [0.29, 0.717) is 0 Å². The summed E-state index contributed by atoms with van der Waals surface area (Å²) in [7, 11) is 0. The summed E-state index contributed by atoms with van der Waals surface area (Å²) in [5, 5.41) is 2.65. The van der Waals surface area contributed by atoms with Gasteiger partial charge in [0.05, 0.1) is 11.0 Å². The summed E-state index contributed by atoms with van der Waals surface area (Å²) >= 11 is 0. The summed E-state index contributed by atoms with van der Waals surface area (Å²) in [5.74, 6) is 0. The molecule has 1 aromatic heterocycles. The van der Waals surface area contributed by atoms with E-state index in [1.165, 1.54) is 60.9 Å². The van der Waals surface area contributed by atoms with Crippen molar-refractivity contribution in [2.75, 3.05) is 0 Å². The molecule has 0 aliphatic carbocycles. The van der Waals surface area contributed by atoms with E-state index in [-0.39, 0.29) is 5.41 Å². The van der Waals surface area contributed by atoms with E-state index in [4.69, 9.17) is 0 Å². The number of hydrogen-bond acceptors (Lipinski definition) is 0. The molecule has 0 saturated carbocycles. The number of para-hydroxylation sites is 1. The first-order valence-electron chi connectivity index (χ1n) is 11.5. The lowest BCUT2D eigenvalue weighted by molar-refractivity contribution is 0.665. The molecule has 0 amide bonds. The zero-order valence-corrected chi connectivity index (χ0v) is 20.0. The van der Waals surface area contributed by atoms with Gasteiger partial charge in [-0.25, -0.2) is 0 Å². The van der Waals surface area contributed by atoms with Gasteiger partial charge < -0.3 is 4.57 Å². The van der Waals surface area contributed by atoms with Crippen LogP contribution in [0.3, 0.4) is 0 Å². The van der Waals surface area contributed by atoms with E-state index >= 15 is 0 Å². The third kappa shape index (κ3) is 3.07. The van der Waals surface area contributed by atoms with Gasteiger partial charge in [-0.05, 0) is 79.3 Å². The summed E-state index contributed by atoms with van der Waals surface area (Å²) in [4.78, 5) is 0. The predicted molar refractivity (Wildman–Crippen MR) is 140 cm³/mol. The number of allylic oxidation sites excluding steroid dienone is 6. The Hall–Kier alpha value is -3.32. The molecule has 3 aromatic carbocycles. The van der Waals surface area contributed by atoms with Crippen LogP contribution in [-0.2, 0) is 5.41 Å². The molecule has 160 valence electrons. The van der Waals surface area contributed by atoms with Crippen LogP contribution < -0.4 is 0 Å². The van der Waals surface area contributed by atoms with Gasteiger partial charge >= 0.3 is 0 Å². The molecule has 4 aromatic rings. The average Bonchev–Trinajstić information content (AvgIpc) is 3.10. The minimum absolute atomic E-state index is 0.0203. The van der Waals surface area contributed by atoms with Crippen LogP contribution in [0.25, 0.3) is 38.6 Å². The van der Waals surface area contributed by atoms with Crippen molar-refractivity contribution in [3.8, 4) is 11.1 Å². The molecule has 5 rings (SSSR count). The van der Waals surface area contributed by atoms with Crippen LogP contribution in [0.5, 0.6) is 0 Å². The van der Waals surface area contributed by atoms with E-state index in [9.17, 15) is 0 Å². The maximum atomic E-state index is 2.45. The Kier molecular flexibility index (Phi) is 4.74. The number of nitrogens with zero attached hydrogens (tertiary/aromatic N) is 1. The minimum Gasteiger partial charge on any atom is -0.309 e. The van der Waals surface area contributed by atoms with Gasteiger partial charge in [0, 0.05) is 21.9 Å². The van der Waals surface area contributed by atoms with Crippen molar-refractivity contribution >= 4 is 27.5 Å². The van der Waals surface area contributed by atoms with Crippen molar-refractivity contribution in [1.82, 2.24) is 4.57 Å². The number of benzene rings is 3. The van der Waals surface area contributed by atoms with E-state index < -0.39 is 0 Å². The van der Waals surface area contributed by atoms with Gasteiger partial charge in [0.1, 0.15) is 0 Å². The molecular weight excluding hydrogens is 386 g/mol. The second-order valence-corrected chi connectivity index (χ2v) is 9.68. The third-order valence-electron chi connectivity index (χ3n) is 7.08. The van der Waals surface area contributed by atoms with Crippen molar-refractivity contribution in [2.45, 2.75) is 47.0 Å². The normalized spacial score (nSPS) is 15.4. The van der Waals surface area contributed by atoms with Gasteiger partial charge in [0.15, 0.2) is 0 Å². The highest BCUT2D eigenvalue weighted by Crippen LogP contribution is 2.44. The van der Waals surface area contributed by atoms with Crippen molar-refractivity contribution in [1.29, 1.82) is 0 Å². The molecule has 0 radical (unpaired) electrons. The van der Waals surface area contributed by atoms with Crippen molar-refractivity contribution in [2.24, 2.45) is 0 Å². The van der Waals surface area contributed by atoms with Crippen LogP contribution in [-0.4, -0.2) is 4.57 Å². The molecule has 0 bridgehead atoms. The van der Waals surface area contributed by atoms with Gasteiger partial charge in [-0.15, -0.1) is 0 Å². The Morgan fingerprint density at radius 2 is 1.56 bits per heavy atom. The highest BCUT2D eigenvalue weighted by atomic mass is 15.0. The fourth-order valence-corrected chi connectivity index (χ4v) is 5.14. The zero-order chi connectivity index (χ0) is 22.6. The molecule has 1 aliphatic rings. The Balaban J connectivity index is 1.81. The second kappa shape index (κ2) is 7.38. The summed E-state index contributed by atoms with van der Waals surface area (Å²) in [6.07, 6.45) is 10.9. The molecule has 1 aliphatic heterocycles. The van der Waals surface area contributed by atoms with Crippen LogP contribution in [0.1, 0.15) is 43.0 Å². The molecule has 0 unspecified atom stereocenters. The first-order valence-corrected chi connectivity index (χ1v) is 11.5. The Bertz CT molecular complexity index is 1440. The SMILES string of the molecule is C/C=C\C=C/C1=CC(C)(C)c2cccc3c4cc(-c5cc(C)c(C)c(C)c5)ccc4n1c23. The molecule has 2 heterocycles. The van der Waals surface area contributed by atoms with Crippen LogP contribution in [0.2, 0.25) is 0 Å². The number of aryl methyl sites for hydroxylation is 2. The fourth-order valence-electron chi connectivity index (χ4n) is 5.14. The molecule has 0 N–H and O–H groups in total. The van der Waals surface area contributed by atoms with Gasteiger partial charge in [-0.3, -0.25) is 0 Å². The molecule has 0 spiro atoms. The molecule has 0 atom stereocenters. The summed E-state index contributed by atoms with van der Waals surface area (Å²) in [6.45, 7) is 13.3. The molecule has 1 nitrogen and oxygen atoms in total. The van der Waals surface area contributed by atoms with Crippen molar-refractivity contribution in [3.63, 3.8) is 0 Å². The highest BCUT2D eigenvalue weighted by molar-refractivity contribution is 6.13. The van der Waals surface area contributed by atoms with Crippen LogP contribution in [0.15, 0.2) is 78.9 Å². The maximum Gasteiger partial charge on any atom is 0.0581 e. The topological polar surface area (TPSA) is 4.93 Å². The number of aromatic nitrogens is 1. The molecular formula is C31H31N. The van der Waals surface area contributed by atoms with Gasteiger partial charge in [0.25, 0.3) is 0 Å². The lowest BCUT2D eigenvalue weighted by Crippen LogP contribution is -2.20. The Morgan fingerprint density at radius 3 is 2.28 bits per heavy atom. The smallest absolute Gasteiger partial charge is 0.0581 e. The summed E-state index contributed by atoms with van der Waals surface area (Å²) in [5.41, 5.74) is 11.9. The first kappa shape index (κ1) is 20.6. The van der Waals surface area contributed by atoms with Crippen molar-refractivity contribution in [3.05, 3.63) is 101 Å². The second-order valence-electron chi connectivity index (χ2n) is 9.68. The van der Waals surface area contributed by atoms with Crippen LogP contribution in [0.4, 0.5) is 0 Å². The van der Waals surface area contributed by atoms with Gasteiger partial charge in [-0.2, -0.15) is 0 Å². The monoisotopic (exact) mass is 417 g/mol. The van der Waals surface area contributed by atoms with E-state index in [0.717, 1.165) is 0 Å². The standard InChI is InChI=1S/C31H31N/c1-7-8-9-11-25-19-31(5,6)28-13-10-12-26-27-18-23(14-15-29(27)32(25)30(26)28)24-16-20(2)22(4)21(3)17-24/h7-19H,1-6H3/b8-7-,11-9-. The van der Waals surface area contributed by atoms with Crippen LogP contribution in [0, 0.1) is 20.8 Å². The number of fused-ring (bicyclic) bond motifs is 3. The Morgan fingerprint density at radius 1 is 0.812 bits per heavy atom. The van der Waals surface area contributed by atoms with Crippen LogP contribution >= 0.6 is 0 Å². The zero-order valence-electron chi connectivity index (χ0n) is 20.0. The maximum absolute atomic E-state index is 2.45. The largest absolute Gasteiger partial charge is 0.309 e. The van der Waals surface area contributed by atoms with E-state index in [2.05, 4.69) is 125 Å². The summed E-state index contributed by atoms with van der Waals surface area (Å²) in [6, 6.07) is 18.4. The third-order valence-corrected chi connectivity index (χ3v) is 7.08. The lowest BCUT2D eigenvalue weighted by atomic mass is 9.81. The number of rotatable bonds is 3. The lowest BCUT2D eigenvalue weighted by Gasteiger charge is -2.29. The fraction of sp³-hybridized carbons (Fsp3) is 0.226. The molecule has 0 saturated heterocycles.